The number of nitrogens with one attached hydrogen (secondary N) is 1. The summed E-state index contributed by atoms with van der Waals surface area (Å²) < 4.78 is 2.41. The first kappa shape index (κ1) is 19.8. The number of aromatic nitrogens is 4. The van der Waals surface area contributed by atoms with Crippen molar-refractivity contribution in [3.05, 3.63) is 22.7 Å². The molecule has 0 aliphatic carbocycles. The number of amides is 2. The van der Waals surface area contributed by atoms with Crippen molar-refractivity contribution in [3.63, 3.8) is 0 Å². The number of nitrogens with zero attached hydrogens (tertiary/aromatic N) is 5. The Balaban J connectivity index is 1.70. The van der Waals surface area contributed by atoms with Crippen molar-refractivity contribution in [2.75, 3.05) is 18.4 Å². The van der Waals surface area contributed by atoms with Crippen LogP contribution in [-0.2, 0) is 16.6 Å². The first-order chi connectivity index (χ1) is 13.0. The van der Waals surface area contributed by atoms with Gasteiger partial charge in [0.05, 0.1) is 12.2 Å². The molecule has 0 atom stereocenters. The van der Waals surface area contributed by atoms with Gasteiger partial charge in [-0.05, 0) is 53.2 Å². The summed E-state index contributed by atoms with van der Waals surface area (Å²) in [5, 5.41) is 15.0. The summed E-state index contributed by atoms with van der Waals surface area (Å²) in [7, 11) is 1.76. The van der Waals surface area contributed by atoms with Gasteiger partial charge in [-0.2, -0.15) is 0 Å². The Bertz CT molecular complexity index is 828. The highest BCUT2D eigenvalue weighted by atomic mass is 79.9. The van der Waals surface area contributed by atoms with E-state index in [-0.39, 0.29) is 18.4 Å². The van der Waals surface area contributed by atoms with Crippen LogP contribution in [-0.4, -0.2) is 50.0 Å². The molecule has 10 heteroatoms. The number of rotatable bonds is 5. The average Bonchev–Trinajstić information content (AvgIpc) is 3.02. The minimum atomic E-state index is -0.208. The maximum Gasteiger partial charge on any atom is 0.244 e. The third-order valence-corrected chi connectivity index (χ3v) is 5.85. The number of hydrogen-bond acceptors (Lipinski definition) is 6. The summed E-state index contributed by atoms with van der Waals surface area (Å²) in [5.74, 6) is -0.154. The van der Waals surface area contributed by atoms with Crippen LogP contribution in [0.4, 0.5) is 5.69 Å². The first-order valence-electron chi connectivity index (χ1n) is 8.80. The SMILES string of the molecule is Cn1nnnc1Sc1ccc(Br)cc1NC(=O)CN1CCCCCCC1=O. The third-order valence-electron chi connectivity index (χ3n) is 4.25. The number of anilines is 1. The summed E-state index contributed by atoms with van der Waals surface area (Å²) >= 11 is 4.80. The van der Waals surface area contributed by atoms with E-state index in [1.807, 2.05) is 18.2 Å². The number of benzene rings is 1. The van der Waals surface area contributed by atoms with Gasteiger partial charge >= 0.3 is 0 Å². The fourth-order valence-electron chi connectivity index (χ4n) is 2.84. The fraction of sp³-hybridized carbons (Fsp3) is 0.471. The molecule has 1 aromatic heterocycles. The zero-order chi connectivity index (χ0) is 19.2. The van der Waals surface area contributed by atoms with Crippen molar-refractivity contribution < 1.29 is 9.59 Å². The minimum absolute atomic E-state index is 0.0545. The van der Waals surface area contributed by atoms with Gasteiger partial charge in [0.2, 0.25) is 17.0 Å². The van der Waals surface area contributed by atoms with Crippen LogP contribution in [0.1, 0.15) is 32.1 Å². The highest BCUT2D eigenvalue weighted by Crippen LogP contribution is 2.33. The molecule has 144 valence electrons. The molecule has 0 saturated carbocycles. The minimum Gasteiger partial charge on any atom is -0.333 e. The average molecular weight is 453 g/mol. The molecule has 1 fully saturated rings. The first-order valence-corrected chi connectivity index (χ1v) is 10.4. The molecule has 0 unspecified atom stereocenters. The molecule has 1 aliphatic heterocycles. The smallest absolute Gasteiger partial charge is 0.244 e. The van der Waals surface area contributed by atoms with Crippen LogP contribution in [0.25, 0.3) is 0 Å². The molecule has 2 aromatic rings. The molecule has 3 rings (SSSR count). The quantitative estimate of drug-likeness (QED) is 0.749. The van der Waals surface area contributed by atoms with E-state index in [0.29, 0.717) is 23.8 Å². The number of halogens is 1. The molecule has 2 amide bonds. The van der Waals surface area contributed by atoms with Gasteiger partial charge in [0.15, 0.2) is 0 Å². The van der Waals surface area contributed by atoms with Gasteiger partial charge < -0.3 is 10.2 Å². The van der Waals surface area contributed by atoms with Gasteiger partial charge in [0, 0.05) is 29.4 Å². The van der Waals surface area contributed by atoms with E-state index < -0.39 is 0 Å². The maximum absolute atomic E-state index is 12.6. The molecular formula is C17H21BrN6O2S. The summed E-state index contributed by atoms with van der Waals surface area (Å²) in [6, 6.07) is 5.61. The Kier molecular flexibility index (Phi) is 6.84. The monoisotopic (exact) mass is 452 g/mol. The van der Waals surface area contributed by atoms with Crippen LogP contribution >= 0.6 is 27.7 Å². The Hall–Kier alpha value is -1.94. The summed E-state index contributed by atoms with van der Waals surface area (Å²) in [6.07, 6.45) is 4.54. The highest BCUT2D eigenvalue weighted by Gasteiger charge is 2.19. The Labute approximate surface area is 170 Å². The number of likely N-dealkylation sites (tertiary alicyclic amines) is 1. The van der Waals surface area contributed by atoms with Crippen molar-refractivity contribution in [1.82, 2.24) is 25.1 Å². The van der Waals surface area contributed by atoms with E-state index in [9.17, 15) is 9.59 Å². The second kappa shape index (κ2) is 9.32. The molecule has 27 heavy (non-hydrogen) atoms. The number of hydrogen-bond donors (Lipinski definition) is 1. The van der Waals surface area contributed by atoms with Crippen molar-refractivity contribution in [2.24, 2.45) is 7.05 Å². The number of carbonyl (C=O) groups excluding carboxylic acids is 2. The molecule has 0 radical (unpaired) electrons. The lowest BCUT2D eigenvalue weighted by Crippen LogP contribution is -2.39. The van der Waals surface area contributed by atoms with E-state index in [2.05, 4.69) is 36.8 Å². The number of tetrazole rings is 1. The van der Waals surface area contributed by atoms with Crippen molar-refractivity contribution >= 4 is 45.2 Å². The largest absolute Gasteiger partial charge is 0.333 e. The van der Waals surface area contributed by atoms with E-state index in [4.69, 9.17) is 0 Å². The normalized spacial score (nSPS) is 15.3. The van der Waals surface area contributed by atoms with Crippen LogP contribution in [0.2, 0.25) is 0 Å². The molecule has 0 bridgehead atoms. The second-order valence-electron chi connectivity index (χ2n) is 6.36. The van der Waals surface area contributed by atoms with E-state index in [1.54, 1.807) is 16.6 Å². The zero-order valence-electron chi connectivity index (χ0n) is 15.0. The lowest BCUT2D eigenvalue weighted by molar-refractivity contribution is -0.135. The van der Waals surface area contributed by atoms with E-state index in [0.717, 1.165) is 35.1 Å². The summed E-state index contributed by atoms with van der Waals surface area (Å²) in [6.45, 7) is 0.706. The van der Waals surface area contributed by atoms with Crippen LogP contribution in [0, 0.1) is 0 Å². The van der Waals surface area contributed by atoms with Crippen LogP contribution in [0.15, 0.2) is 32.7 Å². The van der Waals surface area contributed by atoms with Crippen LogP contribution < -0.4 is 5.32 Å². The Morgan fingerprint density at radius 3 is 2.89 bits per heavy atom. The highest BCUT2D eigenvalue weighted by molar-refractivity contribution is 9.10. The third kappa shape index (κ3) is 5.52. The topological polar surface area (TPSA) is 93.0 Å². The van der Waals surface area contributed by atoms with Crippen molar-refractivity contribution in [1.29, 1.82) is 0 Å². The number of aryl methyl sites for hydroxylation is 1. The lowest BCUT2D eigenvalue weighted by atomic mass is 10.1. The molecule has 1 aliphatic rings. The predicted octanol–water partition coefficient (Wildman–Crippen LogP) is 2.86. The van der Waals surface area contributed by atoms with Crippen molar-refractivity contribution in [3.8, 4) is 0 Å². The predicted molar refractivity (Wildman–Crippen MR) is 105 cm³/mol. The molecule has 1 aromatic carbocycles. The van der Waals surface area contributed by atoms with Crippen LogP contribution in [0.3, 0.4) is 0 Å². The Morgan fingerprint density at radius 1 is 1.30 bits per heavy atom. The van der Waals surface area contributed by atoms with Gasteiger partial charge in [0.1, 0.15) is 0 Å². The van der Waals surface area contributed by atoms with Gasteiger partial charge in [-0.25, -0.2) is 4.68 Å². The molecule has 1 N–H and O–H groups in total. The van der Waals surface area contributed by atoms with E-state index >= 15 is 0 Å². The fourth-order valence-corrected chi connectivity index (χ4v) is 4.00. The lowest BCUT2D eigenvalue weighted by Gasteiger charge is -2.24. The second-order valence-corrected chi connectivity index (χ2v) is 8.28. The molecule has 0 spiro atoms. The summed E-state index contributed by atoms with van der Waals surface area (Å²) in [5.41, 5.74) is 0.655. The molecule has 8 nitrogen and oxygen atoms in total. The van der Waals surface area contributed by atoms with Crippen molar-refractivity contribution in [2.45, 2.75) is 42.2 Å². The zero-order valence-corrected chi connectivity index (χ0v) is 17.4. The standard InChI is InChI=1S/C17H21BrN6O2S/c1-23-17(20-21-22-23)27-14-8-7-12(18)10-13(14)19-15(25)11-24-9-5-3-2-4-6-16(24)26/h7-8,10H,2-6,9,11H2,1H3,(H,19,25). The molecule has 1 saturated heterocycles. The molecular weight excluding hydrogens is 432 g/mol. The van der Waals surface area contributed by atoms with Gasteiger partial charge in [0.25, 0.3) is 0 Å². The van der Waals surface area contributed by atoms with Gasteiger partial charge in [-0.1, -0.05) is 28.8 Å². The number of carbonyl (C=O) groups is 2. The van der Waals surface area contributed by atoms with E-state index in [1.165, 1.54) is 11.8 Å². The maximum atomic E-state index is 12.6. The van der Waals surface area contributed by atoms with Crippen LogP contribution in [0.5, 0.6) is 0 Å². The molecule has 2 heterocycles. The van der Waals surface area contributed by atoms with Gasteiger partial charge in [-0.15, -0.1) is 5.10 Å². The summed E-state index contributed by atoms with van der Waals surface area (Å²) in [4.78, 5) is 27.3. The Morgan fingerprint density at radius 2 is 2.11 bits per heavy atom. The van der Waals surface area contributed by atoms with Gasteiger partial charge in [-0.3, -0.25) is 9.59 Å².